The first-order valence-electron chi connectivity index (χ1n) is 11.5. The molecule has 1 aromatic heterocycles. The minimum Gasteiger partial charge on any atom is -0.452 e. The number of esters is 1. The van der Waals surface area contributed by atoms with Gasteiger partial charge in [-0.3, -0.25) is 4.90 Å². The molecule has 0 bridgehead atoms. The average Bonchev–Trinajstić information content (AvgIpc) is 3.23. The third kappa shape index (κ3) is 7.23. The molecule has 0 radical (unpaired) electrons. The molecule has 0 amide bonds. The number of hydrogen-bond donors (Lipinski definition) is 1. The van der Waals surface area contributed by atoms with Crippen LogP contribution in [0, 0.1) is 0 Å². The number of ether oxygens (including phenoxy) is 1. The van der Waals surface area contributed by atoms with Crippen molar-refractivity contribution in [1.29, 1.82) is 0 Å². The van der Waals surface area contributed by atoms with E-state index in [9.17, 15) is 31.1 Å². The van der Waals surface area contributed by atoms with Crippen LogP contribution in [0.2, 0.25) is 5.02 Å². The van der Waals surface area contributed by atoms with Crippen LogP contribution in [-0.2, 0) is 22.3 Å². The number of benzene rings is 1. The van der Waals surface area contributed by atoms with Crippen molar-refractivity contribution in [2.24, 2.45) is 0 Å². The lowest BCUT2D eigenvalue weighted by atomic mass is 10.0. The number of anilines is 1. The number of nitrogens with one attached hydrogen (secondary N) is 1. The van der Waals surface area contributed by atoms with E-state index in [1.165, 1.54) is 11.0 Å². The first-order chi connectivity index (χ1) is 17.4. The maximum absolute atomic E-state index is 13.0. The number of rotatable bonds is 6. The highest BCUT2D eigenvalue weighted by Crippen LogP contribution is 2.29. The van der Waals surface area contributed by atoms with Crippen molar-refractivity contribution in [2.75, 3.05) is 31.1 Å². The summed E-state index contributed by atoms with van der Waals surface area (Å²) in [7, 11) is 0. The lowest BCUT2D eigenvalue weighted by Gasteiger charge is -2.34. The molecule has 0 aliphatic carbocycles. The van der Waals surface area contributed by atoms with Gasteiger partial charge >= 0.3 is 18.3 Å². The molecule has 1 aromatic carbocycles. The SMILES string of the molecule is O=C(OC1CN(c2ccnc(C(F)(F)F)n2)CC1NC1CCN(Cc2ccc(Cl)cc2)CC1)C(F)(F)F. The van der Waals surface area contributed by atoms with E-state index in [-0.39, 0.29) is 24.9 Å². The van der Waals surface area contributed by atoms with Gasteiger partial charge in [-0.25, -0.2) is 14.8 Å². The summed E-state index contributed by atoms with van der Waals surface area (Å²) in [6.07, 6.45) is -8.89. The van der Waals surface area contributed by atoms with Crippen LogP contribution in [0.5, 0.6) is 0 Å². The number of likely N-dealkylation sites (tertiary alicyclic amines) is 1. The van der Waals surface area contributed by atoms with Gasteiger partial charge in [-0.15, -0.1) is 0 Å². The van der Waals surface area contributed by atoms with Gasteiger partial charge in [0, 0.05) is 30.4 Å². The number of aromatic nitrogens is 2. The number of piperidine rings is 1. The zero-order valence-corrected chi connectivity index (χ0v) is 20.2. The molecule has 202 valence electrons. The molecule has 2 fully saturated rings. The second kappa shape index (κ2) is 11.0. The molecular formula is C23H24ClF6N5O2. The van der Waals surface area contributed by atoms with E-state index in [0.717, 1.165) is 31.4 Å². The maximum atomic E-state index is 13.0. The first kappa shape index (κ1) is 27.4. The van der Waals surface area contributed by atoms with Crippen LogP contribution in [0.3, 0.4) is 0 Å². The van der Waals surface area contributed by atoms with Gasteiger partial charge in [0.05, 0.1) is 12.6 Å². The monoisotopic (exact) mass is 551 g/mol. The zero-order chi connectivity index (χ0) is 26.8. The van der Waals surface area contributed by atoms with Crippen molar-refractivity contribution >= 4 is 23.4 Å². The molecule has 2 atom stereocenters. The largest absolute Gasteiger partial charge is 0.490 e. The van der Waals surface area contributed by atoms with Crippen LogP contribution < -0.4 is 10.2 Å². The summed E-state index contributed by atoms with van der Waals surface area (Å²) in [5.74, 6) is -3.82. The highest BCUT2D eigenvalue weighted by atomic mass is 35.5. The van der Waals surface area contributed by atoms with E-state index in [1.54, 1.807) is 0 Å². The van der Waals surface area contributed by atoms with Crippen molar-refractivity contribution in [3.05, 3.63) is 52.9 Å². The summed E-state index contributed by atoms with van der Waals surface area (Å²) in [4.78, 5) is 21.9. The number of halogens is 7. The number of nitrogens with zero attached hydrogens (tertiary/aromatic N) is 4. The van der Waals surface area contributed by atoms with E-state index in [1.807, 2.05) is 24.3 Å². The second-order valence-electron chi connectivity index (χ2n) is 9.03. The van der Waals surface area contributed by atoms with Crippen LogP contribution in [-0.4, -0.2) is 71.4 Å². The van der Waals surface area contributed by atoms with E-state index in [2.05, 4.69) is 20.2 Å². The van der Waals surface area contributed by atoms with Crippen molar-refractivity contribution in [2.45, 2.75) is 49.9 Å². The van der Waals surface area contributed by atoms with Gasteiger partial charge in [0.25, 0.3) is 0 Å². The highest BCUT2D eigenvalue weighted by molar-refractivity contribution is 6.30. The summed E-state index contributed by atoms with van der Waals surface area (Å²) in [5, 5.41) is 3.91. The minimum atomic E-state index is -5.19. The molecule has 0 saturated carbocycles. The summed E-state index contributed by atoms with van der Waals surface area (Å²) in [5.41, 5.74) is 1.10. The fraction of sp³-hybridized carbons (Fsp3) is 0.522. The molecule has 14 heteroatoms. The standard InChI is InChI=1S/C23H24ClF6N5O2/c24-15-3-1-14(2-4-15)11-34-9-6-16(7-10-34)32-17-12-35(13-18(17)37-21(36)23(28,29)30)19-5-8-31-20(33-19)22(25,26)27/h1-5,8,16-18,32H,6-7,9-13H2. The molecule has 3 heterocycles. The number of alkyl halides is 6. The summed E-state index contributed by atoms with van der Waals surface area (Å²) >= 11 is 5.92. The Bertz CT molecular complexity index is 1080. The molecular weight excluding hydrogens is 528 g/mol. The van der Waals surface area contributed by atoms with E-state index in [0.29, 0.717) is 17.9 Å². The Morgan fingerprint density at radius 2 is 1.73 bits per heavy atom. The Labute approximate surface area is 213 Å². The Morgan fingerprint density at radius 3 is 2.35 bits per heavy atom. The molecule has 2 saturated heterocycles. The Hall–Kier alpha value is -2.64. The second-order valence-corrected chi connectivity index (χ2v) is 9.47. The number of hydrogen-bond acceptors (Lipinski definition) is 7. The third-order valence-corrected chi connectivity index (χ3v) is 6.58. The van der Waals surface area contributed by atoms with Crippen LogP contribution in [0.4, 0.5) is 32.2 Å². The lowest BCUT2D eigenvalue weighted by molar-refractivity contribution is -0.204. The van der Waals surface area contributed by atoms with E-state index >= 15 is 0 Å². The Balaban J connectivity index is 1.40. The van der Waals surface area contributed by atoms with Gasteiger partial charge in [0.1, 0.15) is 11.9 Å². The van der Waals surface area contributed by atoms with E-state index in [4.69, 9.17) is 16.3 Å². The quantitative estimate of drug-likeness (QED) is 0.429. The van der Waals surface area contributed by atoms with Gasteiger partial charge < -0.3 is 15.0 Å². The molecule has 4 rings (SSSR count). The Morgan fingerprint density at radius 1 is 1.05 bits per heavy atom. The van der Waals surface area contributed by atoms with Crippen LogP contribution in [0.1, 0.15) is 24.2 Å². The molecule has 2 aromatic rings. The molecule has 37 heavy (non-hydrogen) atoms. The molecule has 2 aliphatic heterocycles. The smallest absolute Gasteiger partial charge is 0.452 e. The van der Waals surface area contributed by atoms with E-state index < -0.39 is 36.3 Å². The predicted octanol–water partition coefficient (Wildman–Crippen LogP) is 4.07. The van der Waals surface area contributed by atoms with Crippen molar-refractivity contribution in [1.82, 2.24) is 20.2 Å². The predicted molar refractivity (Wildman–Crippen MR) is 122 cm³/mol. The van der Waals surface area contributed by atoms with Gasteiger partial charge in [-0.2, -0.15) is 26.3 Å². The molecule has 7 nitrogen and oxygen atoms in total. The van der Waals surface area contributed by atoms with Crippen molar-refractivity contribution in [3.63, 3.8) is 0 Å². The summed E-state index contributed by atoms with van der Waals surface area (Å²) in [6, 6.07) is 7.94. The van der Waals surface area contributed by atoms with Crippen molar-refractivity contribution in [3.8, 4) is 0 Å². The normalized spacial score (nSPS) is 21.9. The fourth-order valence-corrected chi connectivity index (χ4v) is 4.64. The van der Waals surface area contributed by atoms with Gasteiger partial charge in [-0.1, -0.05) is 23.7 Å². The number of carbonyl (C=O) groups excluding carboxylic acids is 1. The number of carbonyl (C=O) groups is 1. The summed E-state index contributed by atoms with van der Waals surface area (Å²) in [6.45, 7) is 1.94. The van der Waals surface area contributed by atoms with Gasteiger partial charge in [-0.05, 0) is 49.7 Å². The van der Waals surface area contributed by atoms with Crippen LogP contribution >= 0.6 is 11.6 Å². The van der Waals surface area contributed by atoms with Crippen molar-refractivity contribution < 1.29 is 35.9 Å². The third-order valence-electron chi connectivity index (χ3n) is 6.33. The first-order valence-corrected chi connectivity index (χ1v) is 11.9. The molecule has 1 N–H and O–H groups in total. The van der Waals surface area contributed by atoms with Gasteiger partial charge in [0.2, 0.25) is 5.82 Å². The van der Waals surface area contributed by atoms with Crippen LogP contribution in [0.25, 0.3) is 0 Å². The molecule has 0 spiro atoms. The summed E-state index contributed by atoms with van der Waals surface area (Å²) < 4.78 is 82.5. The fourth-order valence-electron chi connectivity index (χ4n) is 4.52. The molecule has 2 unspecified atom stereocenters. The Kier molecular flexibility index (Phi) is 8.14. The maximum Gasteiger partial charge on any atom is 0.490 e. The topological polar surface area (TPSA) is 70.6 Å². The lowest BCUT2D eigenvalue weighted by Crippen LogP contribution is -2.51. The zero-order valence-electron chi connectivity index (χ0n) is 19.4. The highest BCUT2D eigenvalue weighted by Gasteiger charge is 2.46. The average molecular weight is 552 g/mol. The minimum absolute atomic E-state index is 0.00903. The van der Waals surface area contributed by atoms with Crippen LogP contribution in [0.15, 0.2) is 36.5 Å². The molecule has 2 aliphatic rings. The van der Waals surface area contributed by atoms with Gasteiger partial charge in [0.15, 0.2) is 0 Å².